The molecule has 7 nitrogen and oxygen atoms in total. The van der Waals surface area contributed by atoms with Gasteiger partial charge in [-0.15, -0.1) is 0 Å². The molecule has 0 aliphatic rings. The summed E-state index contributed by atoms with van der Waals surface area (Å²) in [6.45, 7) is -0.786. The highest BCUT2D eigenvalue weighted by atomic mass is 32.2. The number of sulfonamides is 1. The zero-order chi connectivity index (χ0) is 17.9. The smallest absolute Gasteiger partial charge is 0.321 e. The van der Waals surface area contributed by atoms with Gasteiger partial charge in [-0.25, -0.2) is 17.8 Å². The average molecular weight is 364 g/mol. The number of carbonyl (C=O) groups is 1. The average Bonchev–Trinajstić information content (AvgIpc) is 3.01. The molecule has 9 heteroatoms. The van der Waals surface area contributed by atoms with E-state index in [9.17, 15) is 17.6 Å². The fourth-order valence-corrected chi connectivity index (χ4v) is 2.99. The van der Waals surface area contributed by atoms with Gasteiger partial charge in [-0.3, -0.25) is 4.79 Å². The van der Waals surface area contributed by atoms with E-state index in [1.54, 1.807) is 24.3 Å². The van der Waals surface area contributed by atoms with Crippen LogP contribution in [-0.4, -0.2) is 25.9 Å². The molecule has 0 bridgehead atoms. The van der Waals surface area contributed by atoms with E-state index in [4.69, 9.17) is 9.15 Å². The quantitative estimate of drug-likeness (QED) is 0.672. The van der Waals surface area contributed by atoms with Gasteiger partial charge in [-0.05, 0) is 36.4 Å². The summed E-state index contributed by atoms with van der Waals surface area (Å²) in [5.74, 6) is -1.15. The SMILES string of the molecule is O=C(CNS(=O)(=O)c1ccc(F)cc1)OCc1nc2ccccc2o1. The Morgan fingerprint density at radius 1 is 1.16 bits per heavy atom. The number of esters is 1. The maximum Gasteiger partial charge on any atom is 0.321 e. The molecule has 0 spiro atoms. The van der Waals surface area contributed by atoms with Crippen molar-refractivity contribution in [2.75, 3.05) is 6.54 Å². The first-order chi connectivity index (χ1) is 11.9. The lowest BCUT2D eigenvalue weighted by Gasteiger charge is -2.06. The van der Waals surface area contributed by atoms with Gasteiger partial charge in [0, 0.05) is 0 Å². The molecule has 130 valence electrons. The highest BCUT2D eigenvalue weighted by molar-refractivity contribution is 7.89. The summed E-state index contributed by atoms with van der Waals surface area (Å²) in [6, 6.07) is 11.3. The number of para-hydroxylation sites is 2. The third kappa shape index (κ3) is 4.20. The highest BCUT2D eigenvalue weighted by Crippen LogP contribution is 2.15. The topological polar surface area (TPSA) is 98.5 Å². The van der Waals surface area contributed by atoms with Crippen molar-refractivity contribution in [2.24, 2.45) is 0 Å². The summed E-state index contributed by atoms with van der Waals surface area (Å²) in [6.07, 6.45) is 0. The largest absolute Gasteiger partial charge is 0.455 e. The number of hydrogen-bond acceptors (Lipinski definition) is 6. The van der Waals surface area contributed by atoms with Gasteiger partial charge in [-0.2, -0.15) is 4.72 Å². The van der Waals surface area contributed by atoms with Crippen LogP contribution in [0.5, 0.6) is 0 Å². The molecular formula is C16H13FN2O5S. The van der Waals surface area contributed by atoms with Crippen LogP contribution in [0.15, 0.2) is 57.8 Å². The Labute approximate surface area is 142 Å². The fourth-order valence-electron chi connectivity index (χ4n) is 2.03. The zero-order valence-electron chi connectivity index (χ0n) is 12.8. The molecule has 0 aliphatic carbocycles. The Morgan fingerprint density at radius 2 is 1.88 bits per heavy atom. The van der Waals surface area contributed by atoms with Gasteiger partial charge in [0.05, 0.1) is 4.90 Å². The van der Waals surface area contributed by atoms with E-state index in [1.807, 2.05) is 0 Å². The lowest BCUT2D eigenvalue weighted by atomic mass is 10.3. The van der Waals surface area contributed by atoms with Crippen molar-refractivity contribution in [3.63, 3.8) is 0 Å². The summed E-state index contributed by atoms with van der Waals surface area (Å²) < 4.78 is 49.1. The Hall–Kier alpha value is -2.78. The molecule has 0 amide bonds. The maximum atomic E-state index is 12.8. The second-order valence-corrected chi connectivity index (χ2v) is 6.78. The minimum Gasteiger partial charge on any atom is -0.455 e. The molecule has 0 saturated heterocycles. The number of halogens is 1. The van der Waals surface area contributed by atoms with Gasteiger partial charge in [0.15, 0.2) is 12.2 Å². The molecule has 0 atom stereocenters. The van der Waals surface area contributed by atoms with Crippen LogP contribution in [0.3, 0.4) is 0 Å². The van der Waals surface area contributed by atoms with Crippen molar-refractivity contribution >= 4 is 27.1 Å². The predicted molar refractivity (Wildman–Crippen MR) is 85.4 cm³/mol. The Bertz CT molecular complexity index is 966. The summed E-state index contributed by atoms with van der Waals surface area (Å²) in [7, 11) is -3.93. The van der Waals surface area contributed by atoms with Gasteiger partial charge in [0.1, 0.15) is 17.9 Å². The number of rotatable bonds is 6. The summed E-state index contributed by atoms with van der Waals surface area (Å²) in [5, 5.41) is 0. The minimum atomic E-state index is -3.93. The van der Waals surface area contributed by atoms with E-state index >= 15 is 0 Å². The number of carbonyl (C=O) groups excluding carboxylic acids is 1. The second-order valence-electron chi connectivity index (χ2n) is 5.01. The van der Waals surface area contributed by atoms with Gasteiger partial charge in [0.25, 0.3) is 0 Å². The summed E-state index contributed by atoms with van der Waals surface area (Å²) in [5.41, 5.74) is 1.19. The monoisotopic (exact) mass is 364 g/mol. The number of nitrogens with one attached hydrogen (secondary N) is 1. The molecule has 2 aromatic carbocycles. The lowest BCUT2D eigenvalue weighted by Crippen LogP contribution is -2.30. The molecule has 0 radical (unpaired) electrons. The molecule has 3 rings (SSSR count). The number of oxazole rings is 1. The number of aromatic nitrogens is 1. The molecule has 0 unspecified atom stereocenters. The molecule has 1 aromatic heterocycles. The van der Waals surface area contributed by atoms with Crippen molar-refractivity contribution < 1.29 is 26.8 Å². The van der Waals surface area contributed by atoms with Gasteiger partial charge < -0.3 is 9.15 Å². The normalized spacial score (nSPS) is 11.6. The van der Waals surface area contributed by atoms with Crippen LogP contribution in [0, 0.1) is 5.82 Å². The van der Waals surface area contributed by atoms with Crippen molar-refractivity contribution in [1.29, 1.82) is 0 Å². The Kier molecular flexibility index (Phi) is 4.77. The zero-order valence-corrected chi connectivity index (χ0v) is 13.6. The number of ether oxygens (including phenoxy) is 1. The fraction of sp³-hybridized carbons (Fsp3) is 0.125. The van der Waals surface area contributed by atoms with Crippen LogP contribution in [0.2, 0.25) is 0 Å². The third-order valence-electron chi connectivity index (χ3n) is 3.23. The maximum absolute atomic E-state index is 12.8. The molecule has 0 fully saturated rings. The Morgan fingerprint density at radius 3 is 2.60 bits per heavy atom. The van der Waals surface area contributed by atoms with Gasteiger partial charge >= 0.3 is 5.97 Å². The highest BCUT2D eigenvalue weighted by Gasteiger charge is 2.16. The summed E-state index contributed by atoms with van der Waals surface area (Å²) >= 11 is 0. The van der Waals surface area contributed by atoms with Crippen LogP contribution >= 0.6 is 0 Å². The van der Waals surface area contributed by atoms with Crippen LogP contribution in [-0.2, 0) is 26.2 Å². The minimum absolute atomic E-state index is 0.152. The predicted octanol–water partition coefficient (Wildman–Crippen LogP) is 1.99. The third-order valence-corrected chi connectivity index (χ3v) is 4.64. The van der Waals surface area contributed by atoms with Crippen molar-refractivity contribution in [3.05, 3.63) is 60.2 Å². The van der Waals surface area contributed by atoms with E-state index in [2.05, 4.69) is 9.71 Å². The molecule has 25 heavy (non-hydrogen) atoms. The molecule has 1 heterocycles. The molecule has 3 aromatic rings. The van der Waals surface area contributed by atoms with Crippen LogP contribution in [0.25, 0.3) is 11.1 Å². The number of hydrogen-bond donors (Lipinski definition) is 1. The molecule has 0 aliphatic heterocycles. The van der Waals surface area contributed by atoms with E-state index in [-0.39, 0.29) is 17.4 Å². The first kappa shape index (κ1) is 17.1. The van der Waals surface area contributed by atoms with Crippen molar-refractivity contribution in [3.8, 4) is 0 Å². The standard InChI is InChI=1S/C16H13FN2O5S/c17-11-5-7-12(8-6-11)25(21,22)18-9-16(20)23-10-15-19-13-3-1-2-4-14(13)24-15/h1-8,18H,9-10H2. The second kappa shape index (κ2) is 6.99. The van der Waals surface area contributed by atoms with Crippen molar-refractivity contribution in [2.45, 2.75) is 11.5 Å². The first-order valence-corrected chi connectivity index (χ1v) is 8.68. The van der Waals surface area contributed by atoms with Crippen molar-refractivity contribution in [1.82, 2.24) is 9.71 Å². The van der Waals surface area contributed by atoms with Gasteiger partial charge in [0.2, 0.25) is 15.9 Å². The first-order valence-electron chi connectivity index (χ1n) is 7.19. The van der Waals surface area contributed by atoms with Crippen LogP contribution in [0.1, 0.15) is 5.89 Å². The van der Waals surface area contributed by atoms with E-state index < -0.39 is 28.4 Å². The number of fused-ring (bicyclic) bond motifs is 1. The van der Waals surface area contributed by atoms with Crippen LogP contribution in [0.4, 0.5) is 4.39 Å². The molecular weight excluding hydrogens is 351 g/mol. The Balaban J connectivity index is 1.54. The van der Waals surface area contributed by atoms with E-state index in [1.165, 1.54) is 0 Å². The van der Waals surface area contributed by atoms with Gasteiger partial charge in [-0.1, -0.05) is 12.1 Å². The molecule has 0 saturated carbocycles. The number of nitrogens with zero attached hydrogens (tertiary/aromatic N) is 1. The summed E-state index contributed by atoms with van der Waals surface area (Å²) in [4.78, 5) is 15.7. The van der Waals surface area contributed by atoms with E-state index in [0.29, 0.717) is 11.1 Å². The van der Waals surface area contributed by atoms with E-state index in [0.717, 1.165) is 24.3 Å². The molecule has 1 N–H and O–H groups in total. The van der Waals surface area contributed by atoms with Crippen LogP contribution < -0.4 is 4.72 Å². The lowest BCUT2D eigenvalue weighted by molar-refractivity contribution is -0.144. The number of benzene rings is 2.